The van der Waals surface area contributed by atoms with Crippen LogP contribution < -0.4 is 0 Å². The van der Waals surface area contributed by atoms with E-state index in [1.54, 1.807) is 0 Å². The van der Waals surface area contributed by atoms with Gasteiger partial charge in [-0.25, -0.2) is 0 Å². The average molecular weight is 382 g/mol. The molecule has 140 valence electrons. The molecular formula is C28H18N2. The van der Waals surface area contributed by atoms with Crippen molar-refractivity contribution in [1.82, 2.24) is 9.97 Å². The Kier molecular flexibility index (Phi) is 3.03. The summed E-state index contributed by atoms with van der Waals surface area (Å²) >= 11 is 0. The maximum absolute atomic E-state index is 3.63. The van der Waals surface area contributed by atoms with Crippen LogP contribution in [0.5, 0.6) is 0 Å². The van der Waals surface area contributed by atoms with E-state index in [0.717, 1.165) is 0 Å². The van der Waals surface area contributed by atoms with Crippen LogP contribution in [0.1, 0.15) is 0 Å². The number of hydrogen-bond acceptors (Lipinski definition) is 0. The minimum atomic E-state index is 1.18. The van der Waals surface area contributed by atoms with Crippen LogP contribution in [-0.4, -0.2) is 9.97 Å². The number of nitrogens with one attached hydrogen (secondary N) is 2. The molecule has 0 unspecified atom stereocenters. The summed E-state index contributed by atoms with van der Waals surface area (Å²) in [6, 6.07) is 34.9. The molecule has 2 heteroatoms. The molecule has 7 aromatic rings. The normalized spacial score (nSPS) is 12.0. The number of benzene rings is 5. The molecule has 0 amide bonds. The molecule has 0 fully saturated rings. The first-order valence-electron chi connectivity index (χ1n) is 10.3. The van der Waals surface area contributed by atoms with Crippen molar-refractivity contribution in [3.05, 3.63) is 97.1 Å². The maximum atomic E-state index is 3.63. The van der Waals surface area contributed by atoms with Crippen LogP contribution in [0, 0.1) is 0 Å². The van der Waals surface area contributed by atoms with Crippen LogP contribution in [-0.2, 0) is 0 Å². The second-order valence-electron chi connectivity index (χ2n) is 8.03. The van der Waals surface area contributed by atoms with E-state index in [-0.39, 0.29) is 0 Å². The maximum Gasteiger partial charge on any atom is 0.0471 e. The Morgan fingerprint density at radius 3 is 1.90 bits per heavy atom. The highest BCUT2D eigenvalue weighted by molar-refractivity contribution is 6.20. The van der Waals surface area contributed by atoms with Crippen LogP contribution in [0.2, 0.25) is 0 Å². The molecule has 0 aliphatic heterocycles. The van der Waals surface area contributed by atoms with Crippen LogP contribution in [0.4, 0.5) is 0 Å². The molecule has 2 nitrogen and oxygen atoms in total. The molecule has 0 atom stereocenters. The van der Waals surface area contributed by atoms with Crippen molar-refractivity contribution in [2.24, 2.45) is 0 Å². The van der Waals surface area contributed by atoms with E-state index in [9.17, 15) is 0 Å². The third-order valence-corrected chi connectivity index (χ3v) is 6.33. The fourth-order valence-corrected chi connectivity index (χ4v) is 4.89. The van der Waals surface area contributed by atoms with Crippen LogP contribution >= 0.6 is 0 Å². The van der Waals surface area contributed by atoms with Crippen molar-refractivity contribution >= 4 is 54.4 Å². The average Bonchev–Trinajstić information content (AvgIpc) is 3.36. The first kappa shape index (κ1) is 15.8. The third kappa shape index (κ3) is 2.13. The highest BCUT2D eigenvalue weighted by Gasteiger charge is 2.10. The predicted octanol–water partition coefficient (Wildman–Crippen LogP) is 7.78. The first-order chi connectivity index (χ1) is 14.8. The third-order valence-electron chi connectivity index (χ3n) is 6.33. The number of aromatic amines is 2. The van der Waals surface area contributed by atoms with Crippen molar-refractivity contribution in [3.8, 4) is 11.1 Å². The molecule has 30 heavy (non-hydrogen) atoms. The number of rotatable bonds is 1. The zero-order valence-electron chi connectivity index (χ0n) is 16.2. The van der Waals surface area contributed by atoms with Gasteiger partial charge in [0, 0.05) is 43.6 Å². The van der Waals surface area contributed by atoms with Gasteiger partial charge in [0.15, 0.2) is 0 Å². The zero-order valence-corrected chi connectivity index (χ0v) is 16.2. The van der Waals surface area contributed by atoms with Gasteiger partial charge in [-0.15, -0.1) is 0 Å². The van der Waals surface area contributed by atoms with Crippen molar-refractivity contribution in [2.75, 3.05) is 0 Å². The summed E-state index contributed by atoms with van der Waals surface area (Å²) < 4.78 is 0. The Morgan fingerprint density at radius 1 is 0.400 bits per heavy atom. The van der Waals surface area contributed by atoms with Gasteiger partial charge < -0.3 is 9.97 Å². The fraction of sp³-hybridized carbons (Fsp3) is 0. The van der Waals surface area contributed by atoms with E-state index in [1.165, 1.54) is 65.5 Å². The number of hydrogen-bond donors (Lipinski definition) is 2. The van der Waals surface area contributed by atoms with E-state index in [1.807, 2.05) is 0 Å². The van der Waals surface area contributed by atoms with Crippen molar-refractivity contribution < 1.29 is 0 Å². The molecule has 2 aromatic heterocycles. The van der Waals surface area contributed by atoms with Crippen LogP contribution in [0.3, 0.4) is 0 Å². The summed E-state index contributed by atoms with van der Waals surface area (Å²) in [6.45, 7) is 0. The molecule has 0 bridgehead atoms. The minimum absolute atomic E-state index is 1.18. The molecule has 5 aromatic carbocycles. The second kappa shape index (κ2) is 5.74. The molecule has 2 N–H and O–H groups in total. The van der Waals surface area contributed by atoms with Crippen molar-refractivity contribution in [1.29, 1.82) is 0 Å². The molecule has 7 rings (SSSR count). The summed E-state index contributed by atoms with van der Waals surface area (Å²) in [6.07, 6.45) is 0. The Labute approximate surface area is 172 Å². The van der Waals surface area contributed by atoms with Crippen molar-refractivity contribution in [3.63, 3.8) is 0 Å². The lowest BCUT2D eigenvalue weighted by molar-refractivity contribution is 1.53. The van der Waals surface area contributed by atoms with Gasteiger partial charge in [-0.1, -0.05) is 72.8 Å². The molecule has 0 aliphatic carbocycles. The smallest absolute Gasteiger partial charge is 0.0471 e. The lowest BCUT2D eigenvalue weighted by Crippen LogP contribution is -1.79. The van der Waals surface area contributed by atoms with Gasteiger partial charge in [-0.2, -0.15) is 0 Å². The summed E-state index contributed by atoms with van der Waals surface area (Å²) in [5, 5.41) is 7.70. The van der Waals surface area contributed by atoms with Crippen molar-refractivity contribution in [2.45, 2.75) is 0 Å². The molecule has 0 radical (unpaired) electrons. The van der Waals surface area contributed by atoms with Gasteiger partial charge >= 0.3 is 0 Å². The standard InChI is InChI=1S/C28H18N2/c1-2-6-20-17(5-1)11-14-25-28(20)23-13-10-19(16-27(23)30-25)18-9-12-22-21-7-3-4-8-24(21)29-26(22)15-18/h1-16,29-30H. The van der Waals surface area contributed by atoms with E-state index in [4.69, 9.17) is 0 Å². The van der Waals surface area contributed by atoms with Gasteiger partial charge in [-0.3, -0.25) is 0 Å². The lowest BCUT2D eigenvalue weighted by atomic mass is 10.00. The summed E-state index contributed by atoms with van der Waals surface area (Å²) in [4.78, 5) is 7.19. The van der Waals surface area contributed by atoms with Crippen LogP contribution in [0.25, 0.3) is 65.5 Å². The quantitative estimate of drug-likeness (QED) is 0.290. The fourth-order valence-electron chi connectivity index (χ4n) is 4.89. The van der Waals surface area contributed by atoms with Crippen LogP contribution in [0.15, 0.2) is 97.1 Å². The Bertz CT molecular complexity index is 1750. The zero-order chi connectivity index (χ0) is 19.7. The number of H-pyrrole nitrogens is 2. The molecule has 0 saturated heterocycles. The SMILES string of the molecule is c1ccc2c(c1)ccc1[nH]c3cc(-c4ccc5c(c4)[nH]c4ccccc45)ccc3c12. The highest BCUT2D eigenvalue weighted by Crippen LogP contribution is 2.35. The Morgan fingerprint density at radius 2 is 1.03 bits per heavy atom. The lowest BCUT2D eigenvalue weighted by Gasteiger charge is -2.03. The van der Waals surface area contributed by atoms with Gasteiger partial charge in [0.2, 0.25) is 0 Å². The van der Waals surface area contributed by atoms with E-state index < -0.39 is 0 Å². The molecular weight excluding hydrogens is 364 g/mol. The van der Waals surface area contributed by atoms with E-state index >= 15 is 0 Å². The monoisotopic (exact) mass is 382 g/mol. The molecule has 0 saturated carbocycles. The largest absolute Gasteiger partial charge is 0.354 e. The topological polar surface area (TPSA) is 31.6 Å². The summed E-state index contributed by atoms with van der Waals surface area (Å²) in [7, 11) is 0. The van der Waals surface area contributed by atoms with Gasteiger partial charge in [0.1, 0.15) is 0 Å². The van der Waals surface area contributed by atoms with Gasteiger partial charge in [0.25, 0.3) is 0 Å². The molecule has 0 aliphatic rings. The number of aromatic nitrogens is 2. The molecule has 0 spiro atoms. The van der Waals surface area contributed by atoms with E-state index in [0.29, 0.717) is 0 Å². The first-order valence-corrected chi connectivity index (χ1v) is 10.3. The molecule has 2 heterocycles. The number of fused-ring (bicyclic) bond motifs is 8. The highest BCUT2D eigenvalue weighted by atomic mass is 14.7. The number of para-hydroxylation sites is 1. The minimum Gasteiger partial charge on any atom is -0.354 e. The second-order valence-corrected chi connectivity index (χ2v) is 8.03. The van der Waals surface area contributed by atoms with Gasteiger partial charge in [0.05, 0.1) is 0 Å². The summed E-state index contributed by atoms with van der Waals surface area (Å²) in [5.74, 6) is 0. The summed E-state index contributed by atoms with van der Waals surface area (Å²) in [5.41, 5.74) is 7.17. The Hall–Kier alpha value is -4.04. The van der Waals surface area contributed by atoms with E-state index in [2.05, 4.69) is 107 Å². The Balaban J connectivity index is 1.45. The van der Waals surface area contributed by atoms with Gasteiger partial charge in [-0.05, 0) is 46.2 Å². The predicted molar refractivity (Wildman–Crippen MR) is 128 cm³/mol.